The van der Waals surface area contributed by atoms with Crippen molar-refractivity contribution < 1.29 is 32.5 Å². The number of hydrogen-bond acceptors (Lipinski definition) is 6. The van der Waals surface area contributed by atoms with Crippen molar-refractivity contribution in [2.24, 2.45) is 0 Å². The molecule has 1 saturated heterocycles. The number of nitrogens with zero attached hydrogens (tertiary/aromatic N) is 2. The van der Waals surface area contributed by atoms with Crippen LogP contribution in [0, 0.1) is 0 Å². The largest absolute Gasteiger partial charge is 0.421 e. The Morgan fingerprint density at radius 2 is 2.14 bits per heavy atom. The van der Waals surface area contributed by atoms with Gasteiger partial charge in [0.05, 0.1) is 12.9 Å². The molecule has 0 aliphatic carbocycles. The molecule has 0 radical (unpaired) electrons. The predicted octanol–water partition coefficient (Wildman–Crippen LogP) is -0.0517. The van der Waals surface area contributed by atoms with Gasteiger partial charge in [0.1, 0.15) is 23.6 Å². The molecule has 22 heavy (non-hydrogen) atoms. The van der Waals surface area contributed by atoms with E-state index >= 15 is 0 Å². The van der Waals surface area contributed by atoms with Gasteiger partial charge in [-0.1, -0.05) is 0 Å². The summed E-state index contributed by atoms with van der Waals surface area (Å²) in [5.74, 6) is -1.03. The Labute approximate surface area is 120 Å². The number of rotatable bonds is 2. The van der Waals surface area contributed by atoms with Gasteiger partial charge < -0.3 is 20.7 Å². The number of alkyl halides is 3. The van der Waals surface area contributed by atoms with Crippen LogP contribution in [-0.4, -0.2) is 38.6 Å². The highest BCUT2D eigenvalue weighted by Gasteiger charge is 2.42. The molecule has 3 unspecified atom stereocenters. The molecule has 1 aliphatic heterocycles. The normalized spacial score (nSPS) is 27.5. The van der Waals surface area contributed by atoms with Crippen LogP contribution in [0.1, 0.15) is 11.8 Å². The zero-order valence-corrected chi connectivity index (χ0v) is 10.8. The molecule has 0 spiro atoms. The lowest BCUT2D eigenvalue weighted by molar-refractivity contribution is -0.138. The first-order chi connectivity index (χ1) is 10.2. The van der Waals surface area contributed by atoms with Crippen molar-refractivity contribution in [2.45, 2.75) is 24.6 Å². The van der Waals surface area contributed by atoms with Crippen LogP contribution in [0.5, 0.6) is 0 Å². The number of aromatic nitrogens is 2. The predicted molar refractivity (Wildman–Crippen MR) is 64.1 cm³/mol. The topological polar surface area (TPSA) is 111 Å². The molecule has 1 aromatic heterocycles. The minimum atomic E-state index is -4.88. The average Bonchev–Trinajstić information content (AvgIpc) is 2.73. The molecule has 0 saturated carbocycles. The number of ether oxygens (including phenoxy) is 1. The highest BCUT2D eigenvalue weighted by Crippen LogP contribution is 2.35. The number of anilines is 1. The molecule has 1 aromatic rings. The summed E-state index contributed by atoms with van der Waals surface area (Å²) in [4.78, 5) is 14.7. The third-order valence-corrected chi connectivity index (χ3v) is 3.14. The summed E-state index contributed by atoms with van der Waals surface area (Å²) in [6.45, 7) is -0.730. The van der Waals surface area contributed by atoms with Crippen molar-refractivity contribution in [1.29, 1.82) is 0 Å². The van der Waals surface area contributed by atoms with Crippen molar-refractivity contribution in [1.82, 2.24) is 9.55 Å². The molecule has 0 aromatic carbocycles. The molecule has 1 fully saturated rings. The molecule has 4 N–H and O–H groups in total. The fourth-order valence-corrected chi connectivity index (χ4v) is 2.06. The highest BCUT2D eigenvalue weighted by molar-refractivity contribution is 5.39. The number of hydrogen-bond donors (Lipinski definition) is 3. The van der Waals surface area contributed by atoms with Gasteiger partial charge in [-0.15, -0.1) is 0 Å². The van der Waals surface area contributed by atoms with Crippen LogP contribution in [0.2, 0.25) is 0 Å². The minimum Gasteiger partial charge on any atom is -0.393 e. The standard InChI is InChI=1S/C11H11F4N3O4/c12-1-4-6(3-19)22-9(7(4)20)18-2-5(11(13,14)15)8(16)17-10(18)21/h1-2,6-7,9,19-20H,3H2,(H2,16,17,21). The summed E-state index contributed by atoms with van der Waals surface area (Å²) in [6.07, 6.45) is -9.30. The lowest BCUT2D eigenvalue weighted by Gasteiger charge is -2.19. The monoisotopic (exact) mass is 325 g/mol. The molecule has 3 atom stereocenters. The molecule has 2 heterocycles. The maximum Gasteiger partial charge on any atom is 0.421 e. The van der Waals surface area contributed by atoms with Crippen LogP contribution in [-0.2, 0) is 10.9 Å². The van der Waals surface area contributed by atoms with Gasteiger partial charge in [-0.2, -0.15) is 18.2 Å². The molecular formula is C11H11F4N3O4. The lowest BCUT2D eigenvalue weighted by Crippen LogP contribution is -2.34. The van der Waals surface area contributed by atoms with E-state index in [0.717, 1.165) is 0 Å². The van der Waals surface area contributed by atoms with Gasteiger partial charge in [0.15, 0.2) is 6.23 Å². The minimum absolute atomic E-state index is 0.0357. The maximum atomic E-state index is 12.8. The quantitative estimate of drug-likeness (QED) is 0.658. The second-order valence-corrected chi connectivity index (χ2v) is 4.48. The first-order valence-corrected chi connectivity index (χ1v) is 5.91. The molecule has 7 nitrogen and oxygen atoms in total. The van der Waals surface area contributed by atoms with E-state index in [1.165, 1.54) is 0 Å². The van der Waals surface area contributed by atoms with Crippen LogP contribution < -0.4 is 11.4 Å². The second-order valence-electron chi connectivity index (χ2n) is 4.48. The summed E-state index contributed by atoms with van der Waals surface area (Å²) in [5, 5.41) is 18.8. The number of nitrogen functional groups attached to an aromatic ring is 1. The first-order valence-electron chi connectivity index (χ1n) is 5.91. The van der Waals surface area contributed by atoms with E-state index in [1.54, 1.807) is 0 Å². The van der Waals surface area contributed by atoms with Gasteiger partial charge in [-0.3, -0.25) is 4.57 Å². The third-order valence-electron chi connectivity index (χ3n) is 3.14. The Kier molecular flexibility index (Phi) is 4.22. The van der Waals surface area contributed by atoms with E-state index in [4.69, 9.17) is 15.6 Å². The maximum absolute atomic E-state index is 12.8. The summed E-state index contributed by atoms with van der Waals surface area (Å²) >= 11 is 0. The van der Waals surface area contributed by atoms with Gasteiger partial charge in [0.25, 0.3) is 0 Å². The molecule has 122 valence electrons. The SMILES string of the molecule is Nc1nc(=O)n(C2OC(CO)C(=CF)C2O)cc1C(F)(F)F. The Morgan fingerprint density at radius 3 is 2.59 bits per heavy atom. The summed E-state index contributed by atoms with van der Waals surface area (Å²) < 4.78 is 56.4. The van der Waals surface area contributed by atoms with Crippen LogP contribution in [0.25, 0.3) is 0 Å². The molecule has 0 bridgehead atoms. The van der Waals surface area contributed by atoms with E-state index in [2.05, 4.69) is 4.98 Å². The van der Waals surface area contributed by atoms with E-state index < -0.39 is 53.9 Å². The van der Waals surface area contributed by atoms with Crippen LogP contribution >= 0.6 is 0 Å². The van der Waals surface area contributed by atoms with Crippen molar-refractivity contribution in [3.8, 4) is 0 Å². The highest BCUT2D eigenvalue weighted by atomic mass is 19.4. The lowest BCUT2D eigenvalue weighted by atomic mass is 10.1. The van der Waals surface area contributed by atoms with Gasteiger partial charge in [0, 0.05) is 11.8 Å². The van der Waals surface area contributed by atoms with Gasteiger partial charge in [-0.05, 0) is 0 Å². The zero-order valence-electron chi connectivity index (χ0n) is 10.8. The Hall–Kier alpha value is -1.98. The van der Waals surface area contributed by atoms with Crippen molar-refractivity contribution >= 4 is 5.82 Å². The summed E-state index contributed by atoms with van der Waals surface area (Å²) in [5.41, 5.74) is 2.04. The fourth-order valence-electron chi connectivity index (χ4n) is 2.06. The summed E-state index contributed by atoms with van der Waals surface area (Å²) in [7, 11) is 0. The smallest absolute Gasteiger partial charge is 0.393 e. The van der Waals surface area contributed by atoms with Gasteiger partial charge in [-0.25, -0.2) is 9.18 Å². The van der Waals surface area contributed by atoms with E-state index in [-0.39, 0.29) is 6.33 Å². The number of aliphatic hydroxyl groups excluding tert-OH is 2. The Morgan fingerprint density at radius 1 is 1.50 bits per heavy atom. The Balaban J connectivity index is 2.52. The molecule has 0 amide bonds. The number of aliphatic hydroxyl groups is 2. The number of nitrogens with two attached hydrogens (primary N) is 1. The Bertz CT molecular complexity index is 658. The van der Waals surface area contributed by atoms with Crippen molar-refractivity contribution in [2.75, 3.05) is 12.3 Å². The molecule has 11 heteroatoms. The molecular weight excluding hydrogens is 314 g/mol. The average molecular weight is 325 g/mol. The van der Waals surface area contributed by atoms with Crippen LogP contribution in [0.3, 0.4) is 0 Å². The van der Waals surface area contributed by atoms with Crippen LogP contribution in [0.15, 0.2) is 22.9 Å². The van der Waals surface area contributed by atoms with Crippen molar-refractivity contribution in [3.05, 3.63) is 34.1 Å². The van der Waals surface area contributed by atoms with E-state index in [0.29, 0.717) is 10.8 Å². The molecule has 1 aliphatic rings. The summed E-state index contributed by atoms with van der Waals surface area (Å²) in [6, 6.07) is 0. The number of halogens is 4. The first kappa shape index (κ1) is 16.4. The van der Waals surface area contributed by atoms with E-state index in [9.17, 15) is 27.5 Å². The van der Waals surface area contributed by atoms with Gasteiger partial charge >= 0.3 is 11.9 Å². The zero-order chi connectivity index (χ0) is 16.7. The van der Waals surface area contributed by atoms with Gasteiger partial charge in [0.2, 0.25) is 0 Å². The van der Waals surface area contributed by atoms with Crippen LogP contribution in [0.4, 0.5) is 23.4 Å². The second kappa shape index (κ2) is 5.66. The molecule has 2 rings (SSSR count). The third kappa shape index (κ3) is 2.69. The van der Waals surface area contributed by atoms with E-state index in [1.807, 2.05) is 0 Å². The fraction of sp³-hybridized carbons (Fsp3) is 0.455. The van der Waals surface area contributed by atoms with Crippen molar-refractivity contribution in [3.63, 3.8) is 0 Å².